The van der Waals surface area contributed by atoms with E-state index in [4.69, 9.17) is 9.31 Å². The average Bonchev–Trinajstić information content (AvgIpc) is 2.92. The summed E-state index contributed by atoms with van der Waals surface area (Å²) in [5, 5.41) is 4.35. The van der Waals surface area contributed by atoms with Crippen molar-refractivity contribution in [2.24, 2.45) is 0 Å². The molecule has 1 aliphatic carbocycles. The number of hydrogen-bond donors (Lipinski definition) is 0. The molecule has 108 valence electrons. The van der Waals surface area contributed by atoms with Crippen LogP contribution in [-0.4, -0.2) is 33.9 Å². The van der Waals surface area contributed by atoms with E-state index in [2.05, 4.69) is 5.10 Å². The molecule has 6 heteroatoms. The van der Waals surface area contributed by atoms with Crippen molar-refractivity contribution in [3.63, 3.8) is 0 Å². The molecule has 2 heterocycles. The van der Waals surface area contributed by atoms with Crippen molar-refractivity contribution in [3.05, 3.63) is 12.4 Å². The van der Waals surface area contributed by atoms with Gasteiger partial charge in [0, 0.05) is 17.9 Å². The van der Waals surface area contributed by atoms with Crippen LogP contribution in [0, 0.1) is 0 Å². The van der Waals surface area contributed by atoms with Gasteiger partial charge in [-0.25, -0.2) is 0 Å². The van der Waals surface area contributed by atoms with Gasteiger partial charge in [0.05, 0.1) is 11.2 Å². The van der Waals surface area contributed by atoms with Crippen molar-refractivity contribution in [1.82, 2.24) is 9.78 Å². The lowest BCUT2D eigenvalue weighted by atomic mass is 9.82. The fourth-order valence-corrected chi connectivity index (χ4v) is 2.53. The first-order valence-corrected chi connectivity index (χ1v) is 7.10. The summed E-state index contributed by atoms with van der Waals surface area (Å²) in [5.74, 6) is 0.168. The normalized spacial score (nSPS) is 25.8. The molecule has 3 rings (SSSR count). The molecule has 0 aromatic carbocycles. The van der Waals surface area contributed by atoms with E-state index in [1.165, 1.54) is 0 Å². The standard InChI is InChI=1S/C14H21BN2O3/c1-10(18)14(6-7-14)17-9-11(8-16-17)15-19-12(2,3)13(4,5)20-15/h8-9H,6-7H2,1-5H3. The predicted octanol–water partition coefficient (Wildman–Crippen LogP) is 1.26. The molecule has 0 unspecified atom stereocenters. The van der Waals surface area contributed by atoms with E-state index in [0.717, 1.165) is 18.3 Å². The summed E-state index contributed by atoms with van der Waals surface area (Å²) in [7, 11) is -0.420. The Morgan fingerprint density at radius 2 is 1.80 bits per heavy atom. The fourth-order valence-electron chi connectivity index (χ4n) is 2.53. The summed E-state index contributed by atoms with van der Waals surface area (Å²) in [6.45, 7) is 9.72. The lowest BCUT2D eigenvalue weighted by Gasteiger charge is -2.32. The molecule has 0 spiro atoms. The summed E-state index contributed by atoms with van der Waals surface area (Å²) in [4.78, 5) is 11.7. The fraction of sp³-hybridized carbons (Fsp3) is 0.714. The van der Waals surface area contributed by atoms with Crippen molar-refractivity contribution in [2.75, 3.05) is 0 Å². The summed E-state index contributed by atoms with van der Waals surface area (Å²) in [6, 6.07) is 0. The predicted molar refractivity (Wildman–Crippen MR) is 75.8 cm³/mol. The molecular weight excluding hydrogens is 255 g/mol. The quantitative estimate of drug-likeness (QED) is 0.780. The Bertz CT molecular complexity index is 545. The maximum absolute atomic E-state index is 11.7. The maximum atomic E-state index is 11.7. The molecule has 2 aliphatic rings. The molecule has 1 aromatic rings. The number of carbonyl (C=O) groups excluding carboxylic acids is 1. The number of rotatable bonds is 3. The van der Waals surface area contributed by atoms with Crippen LogP contribution >= 0.6 is 0 Å². The first kappa shape index (κ1) is 13.8. The molecule has 1 saturated heterocycles. The minimum absolute atomic E-state index is 0.168. The topological polar surface area (TPSA) is 53.4 Å². The van der Waals surface area contributed by atoms with Crippen LogP contribution in [0.15, 0.2) is 12.4 Å². The van der Waals surface area contributed by atoms with Crippen molar-refractivity contribution in [1.29, 1.82) is 0 Å². The van der Waals surface area contributed by atoms with Gasteiger partial charge in [-0.15, -0.1) is 0 Å². The zero-order valence-electron chi connectivity index (χ0n) is 12.8. The molecule has 20 heavy (non-hydrogen) atoms. The van der Waals surface area contributed by atoms with Crippen LogP contribution in [0.2, 0.25) is 0 Å². The van der Waals surface area contributed by atoms with Gasteiger partial charge in [-0.2, -0.15) is 5.10 Å². The van der Waals surface area contributed by atoms with Crippen LogP contribution in [0.3, 0.4) is 0 Å². The van der Waals surface area contributed by atoms with Gasteiger partial charge in [0.2, 0.25) is 0 Å². The Labute approximate surface area is 119 Å². The molecule has 0 atom stereocenters. The van der Waals surface area contributed by atoms with Gasteiger partial charge in [-0.3, -0.25) is 9.48 Å². The van der Waals surface area contributed by atoms with Gasteiger partial charge < -0.3 is 9.31 Å². The number of Topliss-reactive ketones (excluding diaryl/α,β-unsaturated/α-hetero) is 1. The van der Waals surface area contributed by atoms with Crippen LogP contribution in [0.1, 0.15) is 47.5 Å². The van der Waals surface area contributed by atoms with Crippen LogP contribution in [0.5, 0.6) is 0 Å². The van der Waals surface area contributed by atoms with Crippen molar-refractivity contribution in [2.45, 2.75) is 64.2 Å². The third-order valence-electron chi connectivity index (χ3n) is 4.95. The lowest BCUT2D eigenvalue weighted by Crippen LogP contribution is -2.41. The van der Waals surface area contributed by atoms with Crippen molar-refractivity contribution >= 4 is 18.4 Å². The minimum Gasteiger partial charge on any atom is -0.399 e. The van der Waals surface area contributed by atoms with Gasteiger partial charge in [0.1, 0.15) is 5.54 Å². The van der Waals surface area contributed by atoms with Crippen LogP contribution < -0.4 is 5.46 Å². The number of aromatic nitrogens is 2. The molecule has 5 nitrogen and oxygen atoms in total. The number of nitrogens with zero attached hydrogens (tertiary/aromatic N) is 2. The molecule has 0 amide bonds. The van der Waals surface area contributed by atoms with Gasteiger partial charge in [-0.05, 0) is 47.5 Å². The summed E-state index contributed by atoms with van der Waals surface area (Å²) < 4.78 is 13.8. The maximum Gasteiger partial charge on any atom is 0.498 e. The highest BCUT2D eigenvalue weighted by atomic mass is 16.7. The van der Waals surface area contributed by atoms with Crippen LogP contribution in [0.4, 0.5) is 0 Å². The van der Waals surface area contributed by atoms with E-state index in [1.807, 2.05) is 33.9 Å². The second-order valence-corrected chi connectivity index (χ2v) is 6.89. The largest absolute Gasteiger partial charge is 0.498 e. The van der Waals surface area contributed by atoms with Crippen molar-refractivity contribution in [3.8, 4) is 0 Å². The Hall–Kier alpha value is -1.14. The molecule has 2 fully saturated rings. The molecule has 1 aromatic heterocycles. The highest BCUT2D eigenvalue weighted by molar-refractivity contribution is 6.62. The van der Waals surface area contributed by atoms with Gasteiger partial charge in [0.15, 0.2) is 5.78 Å². The summed E-state index contributed by atoms with van der Waals surface area (Å²) >= 11 is 0. The van der Waals surface area contributed by atoms with Gasteiger partial charge in [0.25, 0.3) is 0 Å². The Morgan fingerprint density at radius 3 is 2.25 bits per heavy atom. The Kier molecular flexibility index (Phi) is 2.73. The minimum atomic E-state index is -0.420. The third kappa shape index (κ3) is 1.85. The van der Waals surface area contributed by atoms with E-state index in [1.54, 1.807) is 17.8 Å². The smallest absolute Gasteiger partial charge is 0.399 e. The number of ketones is 1. The van der Waals surface area contributed by atoms with Gasteiger partial charge >= 0.3 is 7.12 Å². The van der Waals surface area contributed by atoms with E-state index < -0.39 is 12.7 Å². The van der Waals surface area contributed by atoms with Gasteiger partial charge in [-0.1, -0.05) is 0 Å². The summed E-state index contributed by atoms with van der Waals surface area (Å²) in [5.41, 5.74) is -0.270. The van der Waals surface area contributed by atoms with Crippen LogP contribution in [0.25, 0.3) is 0 Å². The lowest BCUT2D eigenvalue weighted by molar-refractivity contribution is -0.121. The first-order chi connectivity index (χ1) is 9.18. The highest BCUT2D eigenvalue weighted by Gasteiger charge is 2.54. The van der Waals surface area contributed by atoms with E-state index in [9.17, 15) is 4.79 Å². The first-order valence-electron chi connectivity index (χ1n) is 7.10. The SMILES string of the molecule is CC(=O)C1(n2cc(B3OC(C)(C)C(C)(C)O3)cn2)CC1. The molecule has 1 saturated carbocycles. The third-order valence-corrected chi connectivity index (χ3v) is 4.95. The Morgan fingerprint density at radius 1 is 1.25 bits per heavy atom. The second kappa shape index (κ2) is 3.95. The summed E-state index contributed by atoms with van der Waals surface area (Å²) in [6.07, 6.45) is 5.36. The van der Waals surface area contributed by atoms with E-state index in [0.29, 0.717) is 0 Å². The number of carbonyl (C=O) groups is 1. The zero-order valence-corrected chi connectivity index (χ0v) is 12.8. The highest BCUT2D eigenvalue weighted by Crippen LogP contribution is 2.43. The number of hydrogen-bond acceptors (Lipinski definition) is 4. The monoisotopic (exact) mass is 276 g/mol. The Balaban J connectivity index is 1.84. The molecular formula is C14H21BN2O3. The zero-order chi connectivity index (χ0) is 14.8. The molecule has 1 aliphatic heterocycles. The molecule has 0 N–H and O–H groups in total. The average molecular weight is 276 g/mol. The van der Waals surface area contributed by atoms with Crippen molar-refractivity contribution < 1.29 is 14.1 Å². The van der Waals surface area contributed by atoms with Crippen LogP contribution in [-0.2, 0) is 19.6 Å². The molecule has 0 bridgehead atoms. The molecule has 0 radical (unpaired) electrons. The second-order valence-electron chi connectivity index (χ2n) is 6.89. The van der Waals surface area contributed by atoms with E-state index >= 15 is 0 Å². The van der Waals surface area contributed by atoms with E-state index in [-0.39, 0.29) is 17.0 Å².